The summed E-state index contributed by atoms with van der Waals surface area (Å²) in [5.41, 5.74) is 1.09. The van der Waals surface area contributed by atoms with E-state index in [1.54, 1.807) is 24.4 Å². The van der Waals surface area contributed by atoms with Gasteiger partial charge >= 0.3 is 6.18 Å². The van der Waals surface area contributed by atoms with E-state index in [9.17, 15) is 18.0 Å². The molecule has 0 aliphatic carbocycles. The molecule has 172 valence electrons. The van der Waals surface area contributed by atoms with E-state index in [2.05, 4.69) is 9.97 Å². The average Bonchev–Trinajstić information content (AvgIpc) is 3.43. The van der Waals surface area contributed by atoms with E-state index in [0.29, 0.717) is 30.0 Å². The Hall–Kier alpha value is -3.14. The van der Waals surface area contributed by atoms with Crippen LogP contribution in [0.15, 0.2) is 47.4 Å². The summed E-state index contributed by atoms with van der Waals surface area (Å²) in [6, 6.07) is 8.84. The molecule has 3 aliphatic rings. The van der Waals surface area contributed by atoms with Gasteiger partial charge in [0.05, 0.1) is 24.3 Å². The largest absolute Gasteiger partial charge is 0.408 e. The Labute approximate surface area is 187 Å². The molecule has 0 radical (unpaired) electrons. The van der Waals surface area contributed by atoms with Gasteiger partial charge in [-0.3, -0.25) is 14.3 Å². The van der Waals surface area contributed by atoms with E-state index < -0.39 is 12.2 Å². The number of rotatable bonds is 3. The molecular weight excluding hydrogens is 435 g/mol. The lowest BCUT2D eigenvalue weighted by Crippen LogP contribution is -2.52. The van der Waals surface area contributed by atoms with Crippen LogP contribution in [0.3, 0.4) is 0 Å². The average molecular weight is 457 g/mol. The van der Waals surface area contributed by atoms with Crippen LogP contribution in [0.4, 0.5) is 24.9 Å². The Balaban J connectivity index is 1.46. The van der Waals surface area contributed by atoms with Crippen molar-refractivity contribution >= 4 is 22.7 Å². The molecule has 6 rings (SSSR count). The third kappa shape index (κ3) is 3.43. The topological polar surface area (TPSA) is 63.5 Å². The van der Waals surface area contributed by atoms with E-state index in [1.807, 2.05) is 17.0 Å². The van der Waals surface area contributed by atoms with Crippen LogP contribution in [0.1, 0.15) is 18.4 Å². The van der Waals surface area contributed by atoms with Crippen molar-refractivity contribution in [3.8, 4) is 0 Å². The summed E-state index contributed by atoms with van der Waals surface area (Å²) in [4.78, 5) is 25.2. The molecule has 2 aromatic heterocycles. The smallest absolute Gasteiger partial charge is 0.374 e. The number of hydrogen-bond acceptors (Lipinski definition) is 6. The minimum absolute atomic E-state index is 0.0195. The highest BCUT2D eigenvalue weighted by atomic mass is 19.4. The highest BCUT2D eigenvalue weighted by Crippen LogP contribution is 2.37. The first-order valence-electron chi connectivity index (χ1n) is 11.0. The van der Waals surface area contributed by atoms with E-state index in [-0.39, 0.29) is 43.2 Å². The Kier molecular flexibility index (Phi) is 4.62. The molecule has 7 nitrogen and oxygen atoms in total. The molecule has 10 heteroatoms. The normalized spacial score (nSPS) is 24.5. The van der Waals surface area contributed by atoms with Gasteiger partial charge in [-0.1, -0.05) is 18.2 Å². The first kappa shape index (κ1) is 20.5. The molecule has 0 spiro atoms. The highest BCUT2D eigenvalue weighted by molar-refractivity contribution is 5.82. The predicted octanol–water partition coefficient (Wildman–Crippen LogP) is 3.11. The van der Waals surface area contributed by atoms with Crippen LogP contribution in [0, 0.1) is 0 Å². The first-order chi connectivity index (χ1) is 15.9. The van der Waals surface area contributed by atoms with Gasteiger partial charge in [-0.2, -0.15) is 18.2 Å². The molecule has 0 saturated carbocycles. The number of nitrogens with zero attached hydrogens (tertiary/aromatic N) is 5. The van der Waals surface area contributed by atoms with E-state index in [4.69, 9.17) is 4.74 Å². The van der Waals surface area contributed by atoms with Gasteiger partial charge in [0.15, 0.2) is 0 Å². The molecule has 1 aromatic carbocycles. The fourth-order valence-corrected chi connectivity index (χ4v) is 5.30. The third-order valence-electron chi connectivity index (χ3n) is 6.88. The third-order valence-corrected chi connectivity index (χ3v) is 6.88. The Morgan fingerprint density at radius 1 is 1.18 bits per heavy atom. The summed E-state index contributed by atoms with van der Waals surface area (Å²) in [5, 5.41) is 0.783. The first-order valence-corrected chi connectivity index (χ1v) is 11.0. The minimum atomic E-state index is -4.46. The van der Waals surface area contributed by atoms with Crippen molar-refractivity contribution in [3.63, 3.8) is 0 Å². The summed E-state index contributed by atoms with van der Waals surface area (Å²) >= 11 is 0. The van der Waals surface area contributed by atoms with E-state index in [0.717, 1.165) is 11.8 Å². The lowest BCUT2D eigenvalue weighted by Gasteiger charge is -2.40. The molecule has 0 N–H and O–H groups in total. The maximum atomic E-state index is 14.1. The fraction of sp³-hybridized carbons (Fsp3) is 0.435. The molecule has 3 unspecified atom stereocenters. The standard InChI is InChI=1S/C23H22F3N5O2/c24-23(25,26)19-6-8-29-21(32)10-20(30-12-16-9-15(30)13-33-16)28-22(29)31(19)11-14-3-1-5-18-17(14)4-2-7-27-18/h1-5,7,10,15-16,19H,6,8-9,11-13H2. The number of hydrogen-bond donors (Lipinski definition) is 0. The van der Waals surface area contributed by atoms with Crippen LogP contribution in [0.5, 0.6) is 0 Å². The Morgan fingerprint density at radius 3 is 2.82 bits per heavy atom. The monoisotopic (exact) mass is 457 g/mol. The summed E-state index contributed by atoms with van der Waals surface area (Å²) in [6.45, 7) is 1.09. The van der Waals surface area contributed by atoms with Gasteiger partial charge in [0.25, 0.3) is 5.56 Å². The second-order valence-corrected chi connectivity index (χ2v) is 8.86. The number of fused-ring (bicyclic) bond motifs is 4. The van der Waals surface area contributed by atoms with Crippen LogP contribution in [-0.4, -0.2) is 52.1 Å². The van der Waals surface area contributed by atoms with Crippen LogP contribution in [-0.2, 0) is 17.8 Å². The molecular formula is C23H22F3N5O2. The van der Waals surface area contributed by atoms with E-state index >= 15 is 0 Å². The molecule has 2 fully saturated rings. The number of pyridine rings is 1. The number of ether oxygens (including phenoxy) is 1. The van der Waals surface area contributed by atoms with Crippen molar-refractivity contribution < 1.29 is 17.9 Å². The quantitative estimate of drug-likeness (QED) is 0.603. The van der Waals surface area contributed by atoms with Crippen molar-refractivity contribution in [2.45, 2.75) is 50.3 Å². The summed E-state index contributed by atoms with van der Waals surface area (Å²) in [7, 11) is 0. The summed E-state index contributed by atoms with van der Waals surface area (Å²) < 4.78 is 49.4. The van der Waals surface area contributed by atoms with Gasteiger partial charge < -0.3 is 14.5 Å². The SMILES string of the molecule is O=c1cc(N2CC3CC2CO3)nc2n1CCC(C(F)(F)F)N2Cc1cccc2ncccc12. The van der Waals surface area contributed by atoms with Crippen LogP contribution >= 0.6 is 0 Å². The number of aromatic nitrogens is 3. The van der Waals surface area contributed by atoms with E-state index in [1.165, 1.54) is 15.5 Å². The van der Waals surface area contributed by atoms with Crippen LogP contribution in [0.25, 0.3) is 10.9 Å². The maximum Gasteiger partial charge on any atom is 0.408 e. The molecule has 5 heterocycles. The Bertz CT molecular complexity index is 1270. The molecule has 0 amide bonds. The zero-order valence-electron chi connectivity index (χ0n) is 17.7. The molecule has 3 atom stereocenters. The maximum absolute atomic E-state index is 14.1. The lowest BCUT2D eigenvalue weighted by atomic mass is 10.0. The van der Waals surface area contributed by atoms with Crippen LogP contribution in [0.2, 0.25) is 0 Å². The number of benzene rings is 1. The van der Waals surface area contributed by atoms with Crippen molar-refractivity contribution in [1.82, 2.24) is 14.5 Å². The van der Waals surface area contributed by atoms with Crippen molar-refractivity contribution in [1.29, 1.82) is 0 Å². The number of alkyl halides is 3. The molecule has 3 aliphatic heterocycles. The van der Waals surface area contributed by atoms with Gasteiger partial charge in [0, 0.05) is 37.3 Å². The van der Waals surface area contributed by atoms with Crippen LogP contribution < -0.4 is 15.4 Å². The highest BCUT2D eigenvalue weighted by Gasteiger charge is 2.47. The fourth-order valence-electron chi connectivity index (χ4n) is 5.30. The molecule has 33 heavy (non-hydrogen) atoms. The molecule has 2 bridgehead atoms. The predicted molar refractivity (Wildman–Crippen MR) is 116 cm³/mol. The zero-order valence-corrected chi connectivity index (χ0v) is 17.7. The van der Waals surface area contributed by atoms with Gasteiger partial charge in [0.1, 0.15) is 11.9 Å². The van der Waals surface area contributed by atoms with Gasteiger partial charge in [-0.05, 0) is 30.5 Å². The second kappa shape index (κ2) is 7.44. The van der Waals surface area contributed by atoms with Gasteiger partial charge in [-0.25, -0.2) is 0 Å². The second-order valence-electron chi connectivity index (χ2n) is 8.86. The van der Waals surface area contributed by atoms with Gasteiger partial charge in [-0.15, -0.1) is 0 Å². The lowest BCUT2D eigenvalue weighted by molar-refractivity contribution is -0.153. The van der Waals surface area contributed by atoms with Crippen molar-refractivity contribution in [2.24, 2.45) is 0 Å². The zero-order chi connectivity index (χ0) is 22.7. The van der Waals surface area contributed by atoms with Crippen molar-refractivity contribution in [2.75, 3.05) is 23.0 Å². The van der Waals surface area contributed by atoms with Gasteiger partial charge in [0.2, 0.25) is 5.95 Å². The molecule has 2 saturated heterocycles. The Morgan fingerprint density at radius 2 is 2.06 bits per heavy atom. The number of anilines is 2. The van der Waals surface area contributed by atoms with Crippen molar-refractivity contribution in [3.05, 3.63) is 58.5 Å². The number of morpholine rings is 1. The summed E-state index contributed by atoms with van der Waals surface area (Å²) in [5.74, 6) is 0.491. The minimum Gasteiger partial charge on any atom is -0.374 e. The molecule has 3 aromatic rings. The number of halogens is 3. The summed E-state index contributed by atoms with van der Waals surface area (Å²) in [6.07, 6.45) is -2.08.